The van der Waals surface area contributed by atoms with E-state index in [1.54, 1.807) is 19.2 Å². The topological polar surface area (TPSA) is 85.1 Å². The van der Waals surface area contributed by atoms with Crippen LogP contribution in [-0.4, -0.2) is 33.7 Å². The van der Waals surface area contributed by atoms with Gasteiger partial charge in [0.05, 0.1) is 18.1 Å². The van der Waals surface area contributed by atoms with Crippen LogP contribution in [0.5, 0.6) is 11.5 Å². The third-order valence-electron chi connectivity index (χ3n) is 6.20. The molecule has 172 valence electrons. The molecule has 9 heteroatoms. The summed E-state index contributed by atoms with van der Waals surface area (Å²) in [6.45, 7) is 1.93. The first kappa shape index (κ1) is 21.8. The van der Waals surface area contributed by atoms with Gasteiger partial charge < -0.3 is 9.47 Å². The van der Waals surface area contributed by atoms with E-state index >= 15 is 0 Å². The van der Waals surface area contributed by atoms with Crippen molar-refractivity contribution in [2.24, 2.45) is 0 Å². The minimum Gasteiger partial charge on any atom is -0.493 e. The van der Waals surface area contributed by atoms with Gasteiger partial charge in [-0.1, -0.05) is 36.4 Å². The molecule has 2 aliphatic heterocycles. The first-order chi connectivity index (χ1) is 16.3. The average molecular weight is 476 g/mol. The highest BCUT2D eigenvalue weighted by Crippen LogP contribution is 2.52. The van der Waals surface area contributed by atoms with Crippen molar-refractivity contribution in [3.8, 4) is 11.5 Å². The number of nitro benzene ring substituents is 1. The molecule has 2 aliphatic rings. The van der Waals surface area contributed by atoms with Gasteiger partial charge in [-0.3, -0.25) is 24.7 Å². The van der Waals surface area contributed by atoms with E-state index in [0.29, 0.717) is 17.9 Å². The maximum Gasteiger partial charge on any atom is 0.270 e. The van der Waals surface area contributed by atoms with Crippen molar-refractivity contribution in [3.63, 3.8) is 0 Å². The maximum atomic E-state index is 13.8. The highest BCUT2D eigenvalue weighted by Gasteiger charge is 2.54. The molecule has 34 heavy (non-hydrogen) atoms. The van der Waals surface area contributed by atoms with Gasteiger partial charge >= 0.3 is 0 Å². The van der Waals surface area contributed by atoms with Crippen LogP contribution in [0.1, 0.15) is 35.3 Å². The molecule has 1 amide bonds. The molecule has 0 unspecified atom stereocenters. The molecule has 0 spiro atoms. The predicted octanol–water partition coefficient (Wildman–Crippen LogP) is 5.09. The molecule has 5 rings (SSSR count). The van der Waals surface area contributed by atoms with Crippen molar-refractivity contribution in [2.45, 2.75) is 25.1 Å². The van der Waals surface area contributed by atoms with E-state index in [-0.39, 0.29) is 16.4 Å². The summed E-state index contributed by atoms with van der Waals surface area (Å²) in [6.07, 6.45) is 0.433. The number of ether oxygens (including phenoxy) is 2. The lowest BCUT2D eigenvalue weighted by Crippen LogP contribution is -2.67. The Morgan fingerprint density at radius 3 is 2.59 bits per heavy atom. The molecule has 1 fully saturated rings. The zero-order valence-corrected chi connectivity index (χ0v) is 19.3. The standard InChI is InChI=1S/C25H21N3O5S/c1-25-15-20(19-12-7-13-21(32-2)22(19)33-25)26(24(34)27(25)17-9-4-3-5-10-17)23(29)16-8-6-11-18(14-16)28(30)31/h3-14,20H,15H2,1-2H3/t20-,25-/m0/s1. The van der Waals surface area contributed by atoms with Crippen LogP contribution in [-0.2, 0) is 0 Å². The first-order valence-corrected chi connectivity index (χ1v) is 11.1. The average Bonchev–Trinajstić information content (AvgIpc) is 2.84. The molecule has 0 N–H and O–H groups in total. The Bertz CT molecular complexity index is 1310. The summed E-state index contributed by atoms with van der Waals surface area (Å²) < 4.78 is 12.1. The molecular formula is C25H21N3O5S. The van der Waals surface area contributed by atoms with E-state index in [9.17, 15) is 14.9 Å². The zero-order valence-electron chi connectivity index (χ0n) is 18.5. The number of non-ortho nitro benzene ring substituents is 1. The third-order valence-corrected chi connectivity index (χ3v) is 6.58. The molecule has 2 atom stereocenters. The molecular weight excluding hydrogens is 454 g/mol. The number of nitrogens with zero attached hydrogens (tertiary/aromatic N) is 3. The molecule has 2 heterocycles. The molecule has 8 nitrogen and oxygen atoms in total. The van der Waals surface area contributed by atoms with E-state index in [1.165, 1.54) is 23.1 Å². The van der Waals surface area contributed by atoms with Crippen molar-refractivity contribution in [3.05, 3.63) is 94.0 Å². The number of fused-ring (bicyclic) bond motifs is 4. The van der Waals surface area contributed by atoms with Crippen LogP contribution >= 0.6 is 12.2 Å². The van der Waals surface area contributed by atoms with Gasteiger partial charge in [0, 0.05) is 35.4 Å². The summed E-state index contributed by atoms with van der Waals surface area (Å²) in [6, 6.07) is 20.2. The quantitative estimate of drug-likeness (QED) is 0.295. The Hall–Kier alpha value is -3.98. The highest BCUT2D eigenvalue weighted by molar-refractivity contribution is 7.80. The number of para-hydroxylation sites is 2. The number of carbonyl (C=O) groups excluding carboxylic acids is 1. The lowest BCUT2D eigenvalue weighted by Gasteiger charge is -2.55. The van der Waals surface area contributed by atoms with E-state index < -0.39 is 22.6 Å². The van der Waals surface area contributed by atoms with Crippen molar-refractivity contribution >= 4 is 34.6 Å². The lowest BCUT2D eigenvalue weighted by molar-refractivity contribution is -0.384. The Balaban J connectivity index is 1.69. The van der Waals surface area contributed by atoms with Crippen LogP contribution in [0.3, 0.4) is 0 Å². The minimum atomic E-state index is -0.885. The molecule has 0 aliphatic carbocycles. The molecule has 2 bridgehead atoms. The maximum absolute atomic E-state index is 13.8. The van der Waals surface area contributed by atoms with Gasteiger partial charge in [-0.15, -0.1) is 0 Å². The van der Waals surface area contributed by atoms with Gasteiger partial charge in [-0.2, -0.15) is 0 Å². The number of hydrogen-bond acceptors (Lipinski definition) is 6. The smallest absolute Gasteiger partial charge is 0.270 e. The van der Waals surface area contributed by atoms with Gasteiger partial charge in [0.25, 0.3) is 11.6 Å². The number of anilines is 1. The first-order valence-electron chi connectivity index (χ1n) is 10.7. The molecule has 0 radical (unpaired) electrons. The number of amides is 1. The summed E-state index contributed by atoms with van der Waals surface area (Å²) in [5.41, 5.74) is 0.676. The molecule has 0 aromatic heterocycles. The zero-order chi connectivity index (χ0) is 24.0. The van der Waals surface area contributed by atoms with Gasteiger partial charge in [0.15, 0.2) is 22.3 Å². The van der Waals surface area contributed by atoms with Gasteiger partial charge in [0.2, 0.25) is 0 Å². The van der Waals surface area contributed by atoms with Crippen molar-refractivity contribution in [2.75, 3.05) is 12.0 Å². The fourth-order valence-electron chi connectivity index (χ4n) is 4.69. The predicted molar refractivity (Wildman–Crippen MR) is 130 cm³/mol. The number of hydrogen-bond donors (Lipinski definition) is 0. The Morgan fingerprint density at radius 2 is 1.88 bits per heavy atom. The molecule has 1 saturated heterocycles. The van der Waals surface area contributed by atoms with E-state index in [2.05, 4.69) is 0 Å². The molecule has 0 saturated carbocycles. The minimum absolute atomic E-state index is 0.160. The summed E-state index contributed by atoms with van der Waals surface area (Å²) >= 11 is 5.89. The van der Waals surface area contributed by atoms with Crippen LogP contribution in [0, 0.1) is 10.1 Å². The number of thiocarbonyl (C=S) groups is 1. The van der Waals surface area contributed by atoms with Gasteiger partial charge in [0.1, 0.15) is 0 Å². The van der Waals surface area contributed by atoms with Crippen LogP contribution in [0.15, 0.2) is 72.8 Å². The van der Waals surface area contributed by atoms with Gasteiger partial charge in [-0.25, -0.2) is 0 Å². The third kappa shape index (κ3) is 3.36. The second kappa shape index (κ2) is 8.11. The van der Waals surface area contributed by atoms with Crippen molar-refractivity contribution < 1.29 is 19.2 Å². The van der Waals surface area contributed by atoms with Crippen LogP contribution in [0.25, 0.3) is 0 Å². The van der Waals surface area contributed by atoms with E-state index in [4.69, 9.17) is 21.7 Å². The summed E-state index contributed by atoms with van der Waals surface area (Å²) in [7, 11) is 1.57. The SMILES string of the molecule is COc1cccc2c1O[C@@]1(C)C[C@@H]2N(C(=O)c2cccc([N+](=O)[O-])c2)C(=S)N1c1ccccc1. The summed E-state index contributed by atoms with van der Waals surface area (Å²) in [4.78, 5) is 28.0. The molecule has 3 aromatic rings. The number of benzene rings is 3. The van der Waals surface area contributed by atoms with Gasteiger partial charge in [-0.05, 0) is 43.4 Å². The normalized spacial score (nSPS) is 20.9. The highest BCUT2D eigenvalue weighted by atomic mass is 32.1. The van der Waals surface area contributed by atoms with E-state index in [0.717, 1.165) is 11.3 Å². The van der Waals surface area contributed by atoms with Crippen molar-refractivity contribution in [1.29, 1.82) is 0 Å². The Kier molecular flexibility index (Phi) is 5.21. The number of methoxy groups -OCH3 is 1. The monoisotopic (exact) mass is 475 g/mol. The summed E-state index contributed by atoms with van der Waals surface area (Å²) in [5.74, 6) is 0.679. The number of rotatable bonds is 4. The largest absolute Gasteiger partial charge is 0.493 e. The van der Waals surface area contributed by atoms with Crippen molar-refractivity contribution in [1.82, 2.24) is 4.90 Å². The number of nitro groups is 1. The van der Waals surface area contributed by atoms with Crippen LogP contribution < -0.4 is 14.4 Å². The Labute approximate surface area is 201 Å². The van der Waals surface area contributed by atoms with E-state index in [1.807, 2.05) is 54.3 Å². The lowest BCUT2D eigenvalue weighted by atomic mass is 9.88. The van der Waals surface area contributed by atoms with Crippen LogP contribution in [0.4, 0.5) is 11.4 Å². The fraction of sp³-hybridized carbons (Fsp3) is 0.200. The second-order valence-corrected chi connectivity index (χ2v) is 8.68. The fourth-order valence-corrected chi connectivity index (χ4v) is 5.20. The van der Waals surface area contributed by atoms with Crippen LogP contribution in [0.2, 0.25) is 0 Å². The summed E-state index contributed by atoms with van der Waals surface area (Å²) in [5, 5.41) is 11.6. The number of carbonyl (C=O) groups is 1. The molecule has 3 aromatic carbocycles. The second-order valence-electron chi connectivity index (χ2n) is 8.31. The Morgan fingerprint density at radius 1 is 1.15 bits per heavy atom.